The molecule has 2 heterocycles. The van der Waals surface area contributed by atoms with Gasteiger partial charge in [-0.05, 0) is 35.0 Å². The SMILES string of the molecule is O=C(Nc1nncs1)c1ccc2cc(C(=O)Nc3nncs3)ccc2c1. The van der Waals surface area contributed by atoms with Crippen molar-refractivity contribution >= 4 is 55.5 Å². The zero-order valence-electron chi connectivity index (χ0n) is 13.0. The van der Waals surface area contributed by atoms with Crippen LogP contribution in [0.1, 0.15) is 20.7 Å². The largest absolute Gasteiger partial charge is 0.296 e. The number of carbonyl (C=O) groups excluding carboxylic acids is 2. The van der Waals surface area contributed by atoms with Gasteiger partial charge in [-0.1, -0.05) is 34.8 Å². The van der Waals surface area contributed by atoms with Gasteiger partial charge in [-0.25, -0.2) is 0 Å². The molecule has 10 heteroatoms. The van der Waals surface area contributed by atoms with E-state index in [1.165, 1.54) is 22.7 Å². The van der Waals surface area contributed by atoms with E-state index in [0.29, 0.717) is 21.4 Å². The summed E-state index contributed by atoms with van der Waals surface area (Å²) in [4.78, 5) is 24.5. The highest BCUT2D eigenvalue weighted by atomic mass is 32.1. The van der Waals surface area contributed by atoms with Crippen molar-refractivity contribution < 1.29 is 9.59 Å². The van der Waals surface area contributed by atoms with Gasteiger partial charge in [0.15, 0.2) is 0 Å². The molecule has 0 spiro atoms. The van der Waals surface area contributed by atoms with Crippen LogP contribution in [-0.2, 0) is 0 Å². The predicted molar refractivity (Wildman–Crippen MR) is 99.7 cm³/mol. The molecular weight excluding hydrogens is 372 g/mol. The lowest BCUT2D eigenvalue weighted by Crippen LogP contribution is -2.12. The van der Waals surface area contributed by atoms with Crippen molar-refractivity contribution in [1.82, 2.24) is 20.4 Å². The molecule has 0 aliphatic heterocycles. The smallest absolute Gasteiger partial charge is 0.257 e. The summed E-state index contributed by atoms with van der Waals surface area (Å²) in [7, 11) is 0. The summed E-state index contributed by atoms with van der Waals surface area (Å²) >= 11 is 2.50. The second kappa shape index (κ2) is 6.94. The number of benzene rings is 2. The van der Waals surface area contributed by atoms with E-state index in [-0.39, 0.29) is 11.8 Å². The first-order valence-corrected chi connectivity index (χ1v) is 9.14. The second-order valence-corrected chi connectivity index (χ2v) is 6.84. The Kier molecular flexibility index (Phi) is 4.33. The van der Waals surface area contributed by atoms with Gasteiger partial charge in [-0.15, -0.1) is 20.4 Å². The van der Waals surface area contributed by atoms with Crippen molar-refractivity contribution in [3.63, 3.8) is 0 Å². The van der Waals surface area contributed by atoms with Gasteiger partial charge in [-0.3, -0.25) is 20.2 Å². The topological polar surface area (TPSA) is 110 Å². The first-order chi connectivity index (χ1) is 12.7. The van der Waals surface area contributed by atoms with Crippen LogP contribution in [-0.4, -0.2) is 32.2 Å². The minimum Gasteiger partial charge on any atom is -0.296 e. The minimum atomic E-state index is -0.262. The first-order valence-electron chi connectivity index (χ1n) is 7.38. The third kappa shape index (κ3) is 3.41. The molecule has 0 bridgehead atoms. The average molecular weight is 382 g/mol. The zero-order chi connectivity index (χ0) is 17.9. The van der Waals surface area contributed by atoms with Gasteiger partial charge >= 0.3 is 0 Å². The molecule has 0 fully saturated rings. The van der Waals surface area contributed by atoms with Crippen molar-refractivity contribution in [2.75, 3.05) is 10.6 Å². The summed E-state index contributed by atoms with van der Waals surface area (Å²) in [6.45, 7) is 0. The molecule has 26 heavy (non-hydrogen) atoms. The second-order valence-electron chi connectivity index (χ2n) is 5.17. The van der Waals surface area contributed by atoms with Crippen molar-refractivity contribution in [2.24, 2.45) is 0 Å². The van der Waals surface area contributed by atoms with Crippen LogP contribution in [0, 0.1) is 0 Å². The standard InChI is InChI=1S/C16H10N6O2S2/c23-13(19-15-21-17-7-25-15)11-3-1-9-5-12(4-2-10(9)6-11)14(24)20-16-22-18-8-26-16/h1-8H,(H,19,21,23)(H,20,22,24). The Morgan fingerprint density at radius 2 is 1.19 bits per heavy atom. The Bertz CT molecular complexity index is 992. The third-order valence-corrected chi connectivity index (χ3v) is 4.74. The lowest BCUT2D eigenvalue weighted by Gasteiger charge is -2.06. The number of hydrogen-bond acceptors (Lipinski definition) is 8. The van der Waals surface area contributed by atoms with E-state index in [0.717, 1.165) is 10.8 Å². The van der Waals surface area contributed by atoms with E-state index in [4.69, 9.17) is 0 Å². The van der Waals surface area contributed by atoms with E-state index >= 15 is 0 Å². The first kappa shape index (κ1) is 16.2. The Labute approximate surface area is 154 Å². The molecule has 4 rings (SSSR count). The van der Waals surface area contributed by atoms with Gasteiger partial charge < -0.3 is 0 Å². The summed E-state index contributed by atoms with van der Waals surface area (Å²) in [5.74, 6) is -0.525. The van der Waals surface area contributed by atoms with E-state index in [1.807, 2.05) is 0 Å². The van der Waals surface area contributed by atoms with Gasteiger partial charge in [-0.2, -0.15) is 0 Å². The van der Waals surface area contributed by atoms with Crippen molar-refractivity contribution in [3.05, 3.63) is 58.5 Å². The maximum Gasteiger partial charge on any atom is 0.257 e. The molecule has 2 N–H and O–H groups in total. The third-order valence-electron chi connectivity index (χ3n) is 3.53. The molecular formula is C16H10N6O2S2. The fraction of sp³-hybridized carbons (Fsp3) is 0. The van der Waals surface area contributed by atoms with Gasteiger partial charge in [0, 0.05) is 11.1 Å². The molecule has 0 saturated heterocycles. The monoisotopic (exact) mass is 382 g/mol. The van der Waals surface area contributed by atoms with E-state index in [9.17, 15) is 9.59 Å². The summed E-state index contributed by atoms with van der Waals surface area (Å²) in [5.41, 5.74) is 4.09. The fourth-order valence-corrected chi connectivity index (χ4v) is 3.20. The Balaban J connectivity index is 1.56. The Hall–Kier alpha value is -3.24. The number of aromatic nitrogens is 4. The predicted octanol–water partition coefficient (Wildman–Crippen LogP) is 3.05. The number of anilines is 2. The summed E-state index contributed by atoms with van der Waals surface area (Å²) in [6, 6.07) is 10.5. The molecule has 0 aliphatic carbocycles. The quantitative estimate of drug-likeness (QED) is 0.561. The number of hydrogen-bond donors (Lipinski definition) is 2. The van der Waals surface area contributed by atoms with Gasteiger partial charge in [0.2, 0.25) is 10.3 Å². The normalized spacial score (nSPS) is 10.6. The molecule has 128 valence electrons. The van der Waals surface area contributed by atoms with E-state index in [2.05, 4.69) is 31.0 Å². The van der Waals surface area contributed by atoms with Gasteiger partial charge in [0.25, 0.3) is 11.8 Å². The molecule has 0 saturated carbocycles. The molecule has 0 atom stereocenters. The van der Waals surface area contributed by atoms with Crippen LogP contribution < -0.4 is 10.6 Å². The van der Waals surface area contributed by atoms with Crippen molar-refractivity contribution in [2.45, 2.75) is 0 Å². The van der Waals surface area contributed by atoms with E-state index in [1.54, 1.807) is 47.4 Å². The number of rotatable bonds is 4. The lowest BCUT2D eigenvalue weighted by molar-refractivity contribution is 0.101. The van der Waals surface area contributed by atoms with Crippen LogP contribution in [0.15, 0.2) is 47.4 Å². The van der Waals surface area contributed by atoms with Crippen LogP contribution in [0.2, 0.25) is 0 Å². The number of nitrogens with one attached hydrogen (secondary N) is 2. The molecule has 2 amide bonds. The minimum absolute atomic E-state index is 0.262. The molecule has 2 aromatic heterocycles. The van der Waals surface area contributed by atoms with Gasteiger partial charge in [0.1, 0.15) is 11.0 Å². The molecule has 0 aliphatic rings. The fourth-order valence-electron chi connectivity index (χ4n) is 2.32. The molecule has 0 unspecified atom stereocenters. The molecule has 8 nitrogen and oxygen atoms in total. The molecule has 2 aromatic carbocycles. The zero-order valence-corrected chi connectivity index (χ0v) is 14.7. The molecule has 4 aromatic rings. The maximum absolute atomic E-state index is 12.3. The Morgan fingerprint density at radius 3 is 1.58 bits per heavy atom. The van der Waals surface area contributed by atoms with Crippen LogP contribution >= 0.6 is 22.7 Å². The van der Waals surface area contributed by atoms with Crippen LogP contribution in [0.25, 0.3) is 10.8 Å². The number of carbonyl (C=O) groups is 2. The molecule has 0 radical (unpaired) electrons. The summed E-state index contributed by atoms with van der Waals surface area (Å²) in [6.07, 6.45) is 0. The van der Waals surface area contributed by atoms with Crippen LogP contribution in [0.3, 0.4) is 0 Å². The van der Waals surface area contributed by atoms with Crippen LogP contribution in [0.4, 0.5) is 10.3 Å². The van der Waals surface area contributed by atoms with Crippen LogP contribution in [0.5, 0.6) is 0 Å². The Morgan fingerprint density at radius 1 is 0.731 bits per heavy atom. The highest BCUT2D eigenvalue weighted by molar-refractivity contribution is 7.13. The van der Waals surface area contributed by atoms with Gasteiger partial charge in [0.05, 0.1) is 0 Å². The number of amides is 2. The summed E-state index contributed by atoms with van der Waals surface area (Å²) < 4.78 is 0. The van der Waals surface area contributed by atoms with E-state index < -0.39 is 0 Å². The number of nitrogens with zero attached hydrogens (tertiary/aromatic N) is 4. The van der Waals surface area contributed by atoms with Crippen molar-refractivity contribution in [3.8, 4) is 0 Å². The lowest BCUT2D eigenvalue weighted by atomic mass is 10.0. The average Bonchev–Trinajstić information content (AvgIpc) is 3.35. The summed E-state index contributed by atoms with van der Waals surface area (Å²) in [5, 5.41) is 22.9. The van der Waals surface area contributed by atoms with Crippen molar-refractivity contribution in [1.29, 1.82) is 0 Å². The maximum atomic E-state index is 12.3. The highest BCUT2D eigenvalue weighted by Crippen LogP contribution is 2.20. The highest BCUT2D eigenvalue weighted by Gasteiger charge is 2.11. The number of fused-ring (bicyclic) bond motifs is 1.